The van der Waals surface area contributed by atoms with Gasteiger partial charge < -0.3 is 4.98 Å². The highest BCUT2D eigenvalue weighted by molar-refractivity contribution is 7.07. The van der Waals surface area contributed by atoms with Crippen molar-refractivity contribution in [3.05, 3.63) is 54.9 Å². The van der Waals surface area contributed by atoms with Gasteiger partial charge in [-0.15, -0.1) is 11.3 Å². The van der Waals surface area contributed by atoms with Crippen LogP contribution in [0.3, 0.4) is 0 Å². The van der Waals surface area contributed by atoms with Crippen LogP contribution in [0.2, 0.25) is 0 Å². The van der Waals surface area contributed by atoms with Crippen molar-refractivity contribution in [2.24, 2.45) is 5.41 Å². The van der Waals surface area contributed by atoms with E-state index < -0.39 is 22.7 Å². The summed E-state index contributed by atoms with van der Waals surface area (Å²) in [4.78, 5) is 26.4. The van der Waals surface area contributed by atoms with Crippen LogP contribution < -0.4 is 14.8 Å². The number of halogens is 3. The van der Waals surface area contributed by atoms with Crippen LogP contribution in [0.15, 0.2) is 29.1 Å². The molecule has 0 aliphatic carbocycles. The van der Waals surface area contributed by atoms with Gasteiger partial charge in [-0.25, -0.2) is 0 Å². The first-order chi connectivity index (χ1) is 11.0. The first-order valence-corrected chi connectivity index (χ1v) is 7.93. The van der Waals surface area contributed by atoms with Crippen molar-refractivity contribution < 1.29 is 18.0 Å². The van der Waals surface area contributed by atoms with Crippen molar-refractivity contribution in [1.29, 1.82) is 0 Å². The molecule has 0 aliphatic heterocycles. The van der Waals surface area contributed by atoms with E-state index in [0.717, 1.165) is 17.4 Å². The van der Waals surface area contributed by atoms with E-state index in [-0.39, 0.29) is 15.9 Å². The minimum Gasteiger partial charge on any atom is -0.313 e. The average molecular weight is 355 g/mol. The molecule has 128 valence electrons. The fourth-order valence-corrected chi connectivity index (χ4v) is 2.76. The normalized spacial score (nSPS) is 14.2. The van der Waals surface area contributed by atoms with Gasteiger partial charge in [0, 0.05) is 11.5 Å². The topological polar surface area (TPSA) is 49.9 Å². The van der Waals surface area contributed by atoms with Gasteiger partial charge in [0.25, 0.3) is 5.56 Å². The monoisotopic (exact) mass is 355 g/mol. The molecule has 0 spiro atoms. The Kier molecular flexibility index (Phi) is 4.85. The Morgan fingerprint density at radius 1 is 1.17 bits per heavy atom. The predicted molar refractivity (Wildman–Crippen MR) is 88.1 cm³/mol. The van der Waals surface area contributed by atoms with E-state index in [2.05, 4.69) is 4.98 Å². The number of aromatic amines is 1. The largest absolute Gasteiger partial charge is 0.416 e. The lowest BCUT2D eigenvalue weighted by Gasteiger charge is -2.12. The van der Waals surface area contributed by atoms with Gasteiger partial charge in [-0.2, -0.15) is 13.2 Å². The second kappa shape index (κ2) is 6.39. The number of carbonyl (C=O) groups is 1. The van der Waals surface area contributed by atoms with Gasteiger partial charge >= 0.3 is 6.18 Å². The Labute approximate surface area is 140 Å². The van der Waals surface area contributed by atoms with Crippen molar-refractivity contribution in [3.63, 3.8) is 0 Å². The zero-order valence-corrected chi connectivity index (χ0v) is 14.1. The van der Waals surface area contributed by atoms with Crippen LogP contribution >= 0.6 is 11.3 Å². The molecule has 0 aliphatic rings. The molecular weight excluding hydrogens is 339 g/mol. The van der Waals surface area contributed by atoms with E-state index in [9.17, 15) is 22.8 Å². The minimum absolute atomic E-state index is 0.0916. The Balaban J connectivity index is 2.57. The summed E-state index contributed by atoms with van der Waals surface area (Å²) < 4.78 is 39.4. The second-order valence-corrected chi connectivity index (χ2v) is 7.36. The molecule has 0 unspecified atom stereocenters. The number of nitrogens with one attached hydrogen (secondary N) is 1. The highest BCUT2D eigenvalue weighted by Gasteiger charge is 2.32. The molecule has 1 N–H and O–H groups in total. The zero-order valence-electron chi connectivity index (χ0n) is 13.3. The standard InChI is InChI=1S/C17H16F3NO2S/c1-16(2,3)13(22)9-14-21-15(23)12(24-14)8-10-6-4-5-7-11(10)17(18,19)20/h4-9H,1-3H3,(H,21,23)/b12-8-,14-9+. The van der Waals surface area contributed by atoms with E-state index in [1.165, 1.54) is 30.4 Å². The summed E-state index contributed by atoms with van der Waals surface area (Å²) in [5.74, 6) is -0.178. The second-order valence-electron chi connectivity index (χ2n) is 6.27. The van der Waals surface area contributed by atoms with Crippen LogP contribution in [0.25, 0.3) is 12.2 Å². The number of benzene rings is 1. The van der Waals surface area contributed by atoms with E-state index in [1.807, 2.05) is 0 Å². The number of thiazole rings is 1. The number of hydrogen-bond donors (Lipinski definition) is 1. The van der Waals surface area contributed by atoms with Crippen molar-refractivity contribution >= 4 is 29.3 Å². The zero-order chi connectivity index (χ0) is 18.1. The number of carbonyl (C=O) groups excluding carboxylic acids is 1. The molecule has 1 heterocycles. The van der Waals surface area contributed by atoms with Crippen molar-refractivity contribution in [2.75, 3.05) is 0 Å². The first kappa shape index (κ1) is 18.2. The van der Waals surface area contributed by atoms with Crippen LogP contribution in [0, 0.1) is 5.41 Å². The molecule has 7 heteroatoms. The van der Waals surface area contributed by atoms with Gasteiger partial charge in [-0.05, 0) is 17.7 Å². The fraction of sp³-hybridized carbons (Fsp3) is 0.294. The lowest BCUT2D eigenvalue weighted by atomic mass is 9.91. The number of H-pyrrole nitrogens is 1. The third-order valence-electron chi connectivity index (χ3n) is 3.23. The summed E-state index contributed by atoms with van der Waals surface area (Å²) in [6.45, 7) is 5.22. The summed E-state index contributed by atoms with van der Waals surface area (Å²) >= 11 is 0.951. The Hall–Kier alpha value is -2.15. The summed E-state index contributed by atoms with van der Waals surface area (Å²) in [6.07, 6.45) is -2.02. The smallest absolute Gasteiger partial charge is 0.313 e. The molecule has 0 radical (unpaired) electrons. The lowest BCUT2D eigenvalue weighted by molar-refractivity contribution is -0.137. The van der Waals surface area contributed by atoms with Crippen LogP contribution in [0.1, 0.15) is 31.9 Å². The Bertz CT molecular complexity index is 930. The van der Waals surface area contributed by atoms with Crippen molar-refractivity contribution in [2.45, 2.75) is 26.9 Å². The molecule has 0 bridgehead atoms. The highest BCUT2D eigenvalue weighted by Crippen LogP contribution is 2.32. The molecule has 0 atom stereocenters. The minimum atomic E-state index is -4.51. The Morgan fingerprint density at radius 2 is 1.79 bits per heavy atom. The molecular formula is C17H16F3NO2S. The summed E-state index contributed by atoms with van der Waals surface area (Å²) in [5, 5.41) is 0. The maximum absolute atomic E-state index is 13.0. The van der Waals surface area contributed by atoms with Gasteiger partial charge in [0.1, 0.15) is 0 Å². The Morgan fingerprint density at radius 3 is 2.38 bits per heavy atom. The third-order valence-corrected chi connectivity index (χ3v) is 4.20. The molecule has 2 aromatic rings. The molecule has 0 saturated heterocycles. The van der Waals surface area contributed by atoms with Gasteiger partial charge in [-0.1, -0.05) is 39.0 Å². The van der Waals surface area contributed by atoms with Gasteiger partial charge in [0.15, 0.2) is 5.78 Å². The van der Waals surface area contributed by atoms with Crippen molar-refractivity contribution in [3.8, 4) is 0 Å². The fourth-order valence-electron chi connectivity index (χ4n) is 1.88. The number of aromatic nitrogens is 1. The molecule has 2 rings (SSSR count). The highest BCUT2D eigenvalue weighted by atomic mass is 32.1. The van der Waals surface area contributed by atoms with E-state index in [4.69, 9.17) is 0 Å². The molecule has 24 heavy (non-hydrogen) atoms. The number of hydrogen-bond acceptors (Lipinski definition) is 3. The SMILES string of the molecule is CC(C)(C)C(=O)/C=c1\[nH]c(=O)/c(=C/c2ccccc2C(F)(F)F)s1. The molecule has 1 aromatic carbocycles. The van der Waals surface area contributed by atoms with Crippen LogP contribution in [0.5, 0.6) is 0 Å². The number of ketones is 1. The predicted octanol–water partition coefficient (Wildman–Crippen LogP) is 2.68. The first-order valence-electron chi connectivity index (χ1n) is 7.12. The maximum Gasteiger partial charge on any atom is 0.416 e. The maximum atomic E-state index is 13.0. The molecule has 0 saturated carbocycles. The van der Waals surface area contributed by atoms with Gasteiger partial charge in [0.2, 0.25) is 0 Å². The molecule has 0 amide bonds. The van der Waals surface area contributed by atoms with E-state index in [0.29, 0.717) is 4.66 Å². The summed E-state index contributed by atoms with van der Waals surface area (Å²) in [6, 6.07) is 5.02. The lowest BCUT2D eigenvalue weighted by Crippen LogP contribution is -2.22. The third kappa shape index (κ3) is 4.23. The summed E-state index contributed by atoms with van der Waals surface area (Å²) in [7, 11) is 0. The van der Waals surface area contributed by atoms with E-state index >= 15 is 0 Å². The number of rotatable bonds is 2. The quantitative estimate of drug-likeness (QED) is 0.900. The number of Topliss-reactive ketones (excluding diaryl/α,β-unsaturated/α-hetero) is 1. The van der Waals surface area contributed by atoms with Crippen LogP contribution in [-0.4, -0.2) is 10.8 Å². The number of alkyl halides is 3. The average Bonchev–Trinajstić information content (AvgIpc) is 2.77. The van der Waals surface area contributed by atoms with E-state index in [1.54, 1.807) is 20.8 Å². The molecule has 1 aromatic heterocycles. The van der Waals surface area contributed by atoms with Crippen LogP contribution in [-0.2, 0) is 11.0 Å². The van der Waals surface area contributed by atoms with Gasteiger partial charge in [0.05, 0.1) is 14.8 Å². The van der Waals surface area contributed by atoms with Gasteiger partial charge in [-0.3, -0.25) is 9.59 Å². The summed E-state index contributed by atoms with van der Waals surface area (Å²) in [5.41, 5.74) is -2.03. The molecule has 0 fully saturated rings. The molecule has 3 nitrogen and oxygen atoms in total. The van der Waals surface area contributed by atoms with Crippen molar-refractivity contribution in [1.82, 2.24) is 4.98 Å². The van der Waals surface area contributed by atoms with Crippen LogP contribution in [0.4, 0.5) is 13.2 Å².